The molecule has 1 unspecified atom stereocenters. The van der Waals surface area contributed by atoms with Gasteiger partial charge in [0.1, 0.15) is 5.75 Å². The summed E-state index contributed by atoms with van der Waals surface area (Å²) in [4.78, 5) is 0. The molecule has 0 saturated carbocycles. The van der Waals surface area contributed by atoms with Crippen molar-refractivity contribution in [1.29, 1.82) is 0 Å². The Balaban J connectivity index is 1.59. The van der Waals surface area contributed by atoms with Gasteiger partial charge in [0.05, 0.1) is 6.54 Å². The first-order chi connectivity index (χ1) is 10.4. The van der Waals surface area contributed by atoms with Crippen LogP contribution in [-0.2, 0) is 0 Å². The summed E-state index contributed by atoms with van der Waals surface area (Å²) >= 11 is 0. The summed E-state index contributed by atoms with van der Waals surface area (Å²) in [5, 5.41) is 0. The molecule has 2 aromatic carbocycles. The Labute approximate surface area is 122 Å². The van der Waals surface area contributed by atoms with Crippen LogP contribution in [0.25, 0.3) is 11.1 Å². The maximum Gasteiger partial charge on any atom is 0.231 e. The third-order valence-electron chi connectivity index (χ3n) is 3.43. The Hall–Kier alpha value is -2.28. The van der Waals surface area contributed by atoms with Gasteiger partial charge in [-0.1, -0.05) is 18.2 Å². The highest BCUT2D eigenvalue weighted by atomic mass is 16.7. The van der Waals surface area contributed by atoms with Gasteiger partial charge < -0.3 is 14.2 Å². The van der Waals surface area contributed by atoms with Crippen molar-refractivity contribution in [3.63, 3.8) is 0 Å². The van der Waals surface area contributed by atoms with Crippen LogP contribution in [0.15, 0.2) is 42.5 Å². The van der Waals surface area contributed by atoms with E-state index < -0.39 is 0 Å². The van der Waals surface area contributed by atoms with Gasteiger partial charge in [-0.2, -0.15) is 5.53 Å². The molecule has 6 heteroatoms. The second-order valence-electron chi connectivity index (χ2n) is 4.85. The number of hydrogen-bond acceptors (Lipinski definition) is 6. The average Bonchev–Trinajstić information content (AvgIpc) is 3.17. The van der Waals surface area contributed by atoms with E-state index in [2.05, 4.69) is 16.4 Å². The van der Waals surface area contributed by atoms with Gasteiger partial charge in [-0.3, -0.25) is 0 Å². The van der Waals surface area contributed by atoms with Crippen molar-refractivity contribution >= 4 is 0 Å². The second kappa shape index (κ2) is 5.25. The monoisotopic (exact) mass is 285 g/mol. The Morgan fingerprint density at radius 1 is 1.00 bits per heavy atom. The molecule has 1 atom stereocenters. The van der Waals surface area contributed by atoms with Crippen LogP contribution in [0.4, 0.5) is 0 Å². The largest absolute Gasteiger partial charge is 0.473 e. The Morgan fingerprint density at radius 2 is 1.90 bits per heavy atom. The third-order valence-corrected chi connectivity index (χ3v) is 3.43. The molecule has 108 valence electrons. The lowest BCUT2D eigenvalue weighted by Crippen LogP contribution is -2.36. The number of benzene rings is 2. The van der Waals surface area contributed by atoms with Gasteiger partial charge >= 0.3 is 0 Å². The van der Waals surface area contributed by atoms with Crippen LogP contribution in [0, 0.1) is 0 Å². The normalized spacial score (nSPS) is 19.7. The Bertz CT molecular complexity index is 656. The van der Waals surface area contributed by atoms with Gasteiger partial charge in [-0.25, -0.2) is 10.9 Å². The lowest BCUT2D eigenvalue weighted by Gasteiger charge is -2.13. The molecule has 2 aromatic rings. The summed E-state index contributed by atoms with van der Waals surface area (Å²) < 4.78 is 16.6. The van der Waals surface area contributed by atoms with Crippen LogP contribution in [0.2, 0.25) is 0 Å². The molecular formula is C15H15N3O3. The van der Waals surface area contributed by atoms with E-state index >= 15 is 0 Å². The molecule has 3 N–H and O–H groups in total. The maximum absolute atomic E-state index is 5.84. The first-order valence-electron chi connectivity index (χ1n) is 6.79. The summed E-state index contributed by atoms with van der Waals surface area (Å²) in [6.45, 7) is 0.990. The Kier molecular flexibility index (Phi) is 3.11. The van der Waals surface area contributed by atoms with Crippen LogP contribution in [0.3, 0.4) is 0 Å². The van der Waals surface area contributed by atoms with Crippen molar-refractivity contribution in [2.45, 2.75) is 6.23 Å². The van der Waals surface area contributed by atoms with E-state index in [0.717, 1.165) is 28.4 Å². The van der Waals surface area contributed by atoms with Crippen molar-refractivity contribution in [1.82, 2.24) is 16.4 Å². The minimum Gasteiger partial charge on any atom is -0.473 e. The standard InChI is InChI=1S/C15H15N3O3/c1-2-10(6-12(3-1)21-15-8-16-18-17-15)11-4-5-13-14(7-11)20-9-19-13/h1-7,15-18H,8-9H2. The molecule has 2 heterocycles. The molecule has 1 fully saturated rings. The van der Waals surface area contributed by atoms with Gasteiger partial charge in [0.25, 0.3) is 0 Å². The minimum absolute atomic E-state index is 0.0861. The van der Waals surface area contributed by atoms with E-state index in [9.17, 15) is 0 Å². The van der Waals surface area contributed by atoms with E-state index in [1.54, 1.807) is 0 Å². The molecule has 0 radical (unpaired) electrons. The molecule has 2 aliphatic heterocycles. The van der Waals surface area contributed by atoms with Crippen molar-refractivity contribution < 1.29 is 14.2 Å². The van der Waals surface area contributed by atoms with Gasteiger partial charge in [0.15, 0.2) is 17.7 Å². The van der Waals surface area contributed by atoms with Crippen molar-refractivity contribution in [2.75, 3.05) is 13.3 Å². The average molecular weight is 285 g/mol. The Morgan fingerprint density at radius 3 is 2.81 bits per heavy atom. The van der Waals surface area contributed by atoms with Crippen molar-refractivity contribution in [2.24, 2.45) is 0 Å². The van der Waals surface area contributed by atoms with Crippen LogP contribution in [-0.4, -0.2) is 19.6 Å². The number of nitrogens with one attached hydrogen (secondary N) is 3. The van der Waals surface area contributed by atoms with E-state index in [0.29, 0.717) is 6.54 Å². The zero-order chi connectivity index (χ0) is 14.1. The fraction of sp³-hybridized carbons (Fsp3) is 0.200. The molecule has 2 aliphatic rings. The molecule has 1 saturated heterocycles. The molecule has 21 heavy (non-hydrogen) atoms. The SMILES string of the molecule is c1cc(OC2CNNN2)cc(-c2ccc3c(c2)OCO3)c1. The molecular weight excluding hydrogens is 270 g/mol. The first kappa shape index (κ1) is 12.5. The molecule has 0 aliphatic carbocycles. The van der Waals surface area contributed by atoms with Gasteiger partial charge in [-0.05, 0) is 35.4 Å². The van der Waals surface area contributed by atoms with E-state index in [4.69, 9.17) is 14.2 Å². The fourth-order valence-electron chi connectivity index (χ4n) is 2.39. The minimum atomic E-state index is -0.0861. The molecule has 6 nitrogen and oxygen atoms in total. The van der Waals surface area contributed by atoms with E-state index in [1.165, 1.54) is 0 Å². The number of fused-ring (bicyclic) bond motifs is 1. The molecule has 0 amide bonds. The molecule has 0 bridgehead atoms. The third kappa shape index (κ3) is 2.52. The van der Waals surface area contributed by atoms with Crippen LogP contribution in [0.5, 0.6) is 17.2 Å². The van der Waals surface area contributed by atoms with Crippen molar-refractivity contribution in [3.05, 3.63) is 42.5 Å². The summed E-state index contributed by atoms with van der Waals surface area (Å²) in [5.74, 6) is 2.39. The van der Waals surface area contributed by atoms with Crippen LogP contribution >= 0.6 is 0 Å². The van der Waals surface area contributed by atoms with Gasteiger partial charge in [0.2, 0.25) is 6.79 Å². The topological polar surface area (TPSA) is 63.8 Å². The van der Waals surface area contributed by atoms with Gasteiger partial charge in [0, 0.05) is 0 Å². The smallest absolute Gasteiger partial charge is 0.231 e. The van der Waals surface area contributed by atoms with Gasteiger partial charge in [-0.15, -0.1) is 0 Å². The zero-order valence-corrected chi connectivity index (χ0v) is 11.3. The lowest BCUT2D eigenvalue weighted by molar-refractivity contribution is 0.174. The fourth-order valence-corrected chi connectivity index (χ4v) is 2.39. The number of rotatable bonds is 3. The van der Waals surface area contributed by atoms with Crippen LogP contribution in [0.1, 0.15) is 0 Å². The van der Waals surface area contributed by atoms with Crippen molar-refractivity contribution in [3.8, 4) is 28.4 Å². The molecule has 0 spiro atoms. The summed E-state index contributed by atoms with van der Waals surface area (Å²) in [6.07, 6.45) is -0.0861. The molecule has 0 aromatic heterocycles. The number of ether oxygens (including phenoxy) is 3. The second-order valence-corrected chi connectivity index (χ2v) is 4.85. The van der Waals surface area contributed by atoms with E-state index in [1.807, 2.05) is 42.5 Å². The predicted octanol–water partition coefficient (Wildman–Crippen LogP) is 1.40. The predicted molar refractivity (Wildman–Crippen MR) is 76.7 cm³/mol. The highest BCUT2D eigenvalue weighted by molar-refractivity contribution is 5.68. The zero-order valence-electron chi connectivity index (χ0n) is 11.3. The highest BCUT2D eigenvalue weighted by Crippen LogP contribution is 2.36. The highest BCUT2D eigenvalue weighted by Gasteiger charge is 2.16. The summed E-state index contributed by atoms with van der Waals surface area (Å²) in [7, 11) is 0. The van der Waals surface area contributed by atoms with Crippen LogP contribution < -0.4 is 30.6 Å². The first-order valence-corrected chi connectivity index (χ1v) is 6.79. The molecule has 4 rings (SSSR count). The number of hydrogen-bond donors (Lipinski definition) is 3. The number of hydrazine groups is 2. The van der Waals surface area contributed by atoms with E-state index in [-0.39, 0.29) is 13.0 Å². The summed E-state index contributed by atoms with van der Waals surface area (Å²) in [6, 6.07) is 13.9. The lowest BCUT2D eigenvalue weighted by atomic mass is 10.0. The quantitative estimate of drug-likeness (QED) is 0.792. The summed E-state index contributed by atoms with van der Waals surface area (Å²) in [5.41, 5.74) is 10.9. The maximum atomic E-state index is 5.84.